The van der Waals surface area contributed by atoms with E-state index in [9.17, 15) is 25.9 Å². The molecule has 0 aliphatic carbocycles. The zero-order chi connectivity index (χ0) is 79.2. The van der Waals surface area contributed by atoms with E-state index < -0.39 is 20.2 Å². The fourth-order valence-corrected chi connectivity index (χ4v) is 17.9. The molecule has 0 bridgehead atoms. The maximum atomic E-state index is 11.0. The molecule has 0 unspecified atom stereocenters. The van der Waals surface area contributed by atoms with E-state index in [4.69, 9.17) is 0 Å². The topological polar surface area (TPSA) is 114 Å². The van der Waals surface area contributed by atoms with E-state index in [0.717, 1.165) is 36.8 Å². The van der Waals surface area contributed by atoms with Crippen molar-refractivity contribution >= 4 is 69.1 Å². The largest absolute Gasteiger partial charge is 2.00 e. The van der Waals surface area contributed by atoms with Crippen LogP contribution in [0.3, 0.4) is 0 Å². The third kappa shape index (κ3) is 86.0. The van der Waals surface area contributed by atoms with E-state index in [2.05, 4.69) is 13.8 Å². The van der Waals surface area contributed by atoms with Gasteiger partial charge in [-0.15, -0.1) is 0 Å². The second-order valence-corrected chi connectivity index (χ2v) is 38.2. The first-order valence-electron chi connectivity index (χ1n) is 50.2. The van der Waals surface area contributed by atoms with Crippen molar-refractivity contribution in [3.05, 3.63) is 59.7 Å². The molecular formula is C102H190BaO6S2. The number of unbranched alkanes of at least 4 members (excludes halogenated alkanes) is 84. The molecule has 0 N–H and O–H groups in total. The molecule has 0 spiro atoms. The number of hydrogen-bond donors (Lipinski definition) is 0. The SMILES string of the molecule is CCCCCCCCCCCCCCCCCCCCCCCCCCCCCCCCCCCCCCCCCCCCCc1ccc(S(=O)(=O)[O-])cc1.CCCCCCCCCCCCCCCCCCCCCCCCCCCCCCCCCCCCCCCCCCCCCc1ccc(S(=O)(=O)[O-])cc1.[Ba+2]. The van der Waals surface area contributed by atoms with Crippen LogP contribution in [0.5, 0.6) is 0 Å². The summed E-state index contributed by atoms with van der Waals surface area (Å²) in [6.07, 6.45) is 126. The summed E-state index contributed by atoms with van der Waals surface area (Å²) in [5.74, 6) is 0. The quantitative estimate of drug-likeness (QED) is 0.0370. The van der Waals surface area contributed by atoms with Crippen molar-refractivity contribution < 1.29 is 25.9 Å². The van der Waals surface area contributed by atoms with Gasteiger partial charge in [-0.2, -0.15) is 0 Å². The summed E-state index contributed by atoms with van der Waals surface area (Å²) in [5, 5.41) is 0. The van der Waals surface area contributed by atoms with E-state index in [0.29, 0.717) is 0 Å². The Morgan fingerprint density at radius 2 is 0.252 bits per heavy atom. The molecule has 6 nitrogen and oxygen atoms in total. The van der Waals surface area contributed by atoms with Crippen molar-refractivity contribution in [3.8, 4) is 0 Å². The van der Waals surface area contributed by atoms with Gasteiger partial charge in [0.25, 0.3) is 0 Å². The van der Waals surface area contributed by atoms with E-state index >= 15 is 0 Å². The Labute approximate surface area is 736 Å². The molecule has 0 aliphatic rings. The van der Waals surface area contributed by atoms with Gasteiger partial charge in [-0.1, -0.05) is 577 Å². The van der Waals surface area contributed by atoms with Gasteiger partial charge in [0.2, 0.25) is 0 Å². The summed E-state index contributed by atoms with van der Waals surface area (Å²) in [4.78, 5) is -0.262. The van der Waals surface area contributed by atoms with E-state index in [1.54, 1.807) is 24.3 Å². The van der Waals surface area contributed by atoms with Crippen molar-refractivity contribution in [2.75, 3.05) is 0 Å². The second kappa shape index (κ2) is 90.6. The molecule has 2 aromatic carbocycles. The molecule has 0 fully saturated rings. The molecule has 0 aliphatic heterocycles. The number of benzene rings is 2. The minimum atomic E-state index is -4.33. The molecule has 0 aromatic heterocycles. The van der Waals surface area contributed by atoms with E-state index in [-0.39, 0.29) is 58.7 Å². The maximum absolute atomic E-state index is 11.0. The smallest absolute Gasteiger partial charge is 0.744 e. The molecule has 0 saturated carbocycles. The Hall–Kier alpha value is -0.169. The van der Waals surface area contributed by atoms with Crippen LogP contribution in [0.2, 0.25) is 0 Å². The first-order valence-corrected chi connectivity index (χ1v) is 53.0. The average Bonchev–Trinajstić information content (AvgIpc) is 0.868. The van der Waals surface area contributed by atoms with Gasteiger partial charge in [-0.05, 0) is 61.1 Å². The Kier molecular flexibility index (Phi) is 90.5. The first-order chi connectivity index (χ1) is 54.1. The van der Waals surface area contributed by atoms with Crippen LogP contribution in [0.25, 0.3) is 0 Å². The number of rotatable bonds is 90. The third-order valence-corrected chi connectivity index (χ3v) is 26.3. The molecule has 111 heavy (non-hydrogen) atoms. The van der Waals surface area contributed by atoms with Crippen LogP contribution in [-0.4, -0.2) is 74.8 Å². The molecule has 2 rings (SSSR count). The van der Waals surface area contributed by atoms with E-state index in [1.165, 1.54) is 564 Å². The maximum Gasteiger partial charge on any atom is 2.00 e. The van der Waals surface area contributed by atoms with Gasteiger partial charge in [0.1, 0.15) is 20.2 Å². The van der Waals surface area contributed by atoms with Gasteiger partial charge < -0.3 is 9.11 Å². The summed E-state index contributed by atoms with van der Waals surface area (Å²) in [6, 6.07) is 12.8. The van der Waals surface area contributed by atoms with Crippen LogP contribution in [0.15, 0.2) is 58.3 Å². The number of aryl methyl sites for hydroxylation is 2. The monoisotopic (exact) mass is 1710 g/mol. The van der Waals surface area contributed by atoms with Gasteiger partial charge >= 0.3 is 48.9 Å². The average molecular weight is 1710 g/mol. The molecule has 0 amide bonds. The molecule has 2 aromatic rings. The van der Waals surface area contributed by atoms with Crippen LogP contribution in [0.1, 0.15) is 577 Å². The molecule has 0 saturated heterocycles. The molecule has 0 radical (unpaired) electrons. The second-order valence-electron chi connectivity index (χ2n) is 35.4. The van der Waals surface area contributed by atoms with Gasteiger partial charge in [-0.25, -0.2) is 16.8 Å². The Morgan fingerprint density at radius 3 is 0.342 bits per heavy atom. The normalized spacial score (nSPS) is 11.8. The van der Waals surface area contributed by atoms with Gasteiger partial charge in [0, 0.05) is 0 Å². The van der Waals surface area contributed by atoms with Gasteiger partial charge in [0.15, 0.2) is 0 Å². The molecular weight excluding hydrogens is 1520 g/mol. The summed E-state index contributed by atoms with van der Waals surface area (Å²) in [5.41, 5.74) is 2.23. The predicted octanol–water partition coefficient (Wildman–Crippen LogP) is 35.5. The minimum Gasteiger partial charge on any atom is -0.744 e. The zero-order valence-corrected chi connectivity index (χ0v) is 80.9. The van der Waals surface area contributed by atoms with Crippen LogP contribution in [0.4, 0.5) is 0 Å². The summed E-state index contributed by atoms with van der Waals surface area (Å²) in [7, 11) is -8.67. The van der Waals surface area contributed by atoms with Crippen LogP contribution in [0, 0.1) is 0 Å². The number of hydrogen-bond acceptors (Lipinski definition) is 6. The zero-order valence-electron chi connectivity index (χ0n) is 74.8. The van der Waals surface area contributed by atoms with Crippen molar-refractivity contribution in [2.24, 2.45) is 0 Å². The molecule has 0 atom stereocenters. The van der Waals surface area contributed by atoms with Gasteiger partial charge in [-0.3, -0.25) is 0 Å². The fraction of sp³-hybridized carbons (Fsp3) is 0.882. The Balaban J connectivity index is 0.00000216. The van der Waals surface area contributed by atoms with Crippen molar-refractivity contribution in [2.45, 2.75) is 589 Å². The summed E-state index contributed by atoms with van der Waals surface area (Å²) >= 11 is 0. The summed E-state index contributed by atoms with van der Waals surface area (Å²) < 4.78 is 66.1. The van der Waals surface area contributed by atoms with Gasteiger partial charge in [0.05, 0.1) is 9.79 Å². The van der Waals surface area contributed by atoms with Crippen LogP contribution >= 0.6 is 0 Å². The Morgan fingerprint density at radius 1 is 0.162 bits per heavy atom. The minimum absolute atomic E-state index is 0. The molecule has 648 valence electrons. The van der Waals surface area contributed by atoms with Crippen molar-refractivity contribution in [1.82, 2.24) is 0 Å². The fourth-order valence-electron chi connectivity index (χ4n) is 16.9. The van der Waals surface area contributed by atoms with E-state index in [1.807, 2.05) is 0 Å². The summed E-state index contributed by atoms with van der Waals surface area (Å²) in [6.45, 7) is 4.61. The third-order valence-electron chi connectivity index (χ3n) is 24.6. The van der Waals surface area contributed by atoms with Crippen LogP contribution in [-0.2, 0) is 33.1 Å². The molecule has 9 heteroatoms. The Bertz CT molecular complexity index is 2150. The molecule has 0 heterocycles. The van der Waals surface area contributed by atoms with Crippen LogP contribution < -0.4 is 0 Å². The van der Waals surface area contributed by atoms with Crippen molar-refractivity contribution in [1.29, 1.82) is 0 Å². The van der Waals surface area contributed by atoms with Crippen molar-refractivity contribution in [3.63, 3.8) is 0 Å². The predicted molar refractivity (Wildman–Crippen MR) is 490 cm³/mol. The standard InChI is InChI=1S/2C51H96O3S.Ba/c2*1-2-3-4-5-6-7-8-9-10-11-12-13-14-15-16-17-18-19-20-21-22-23-24-25-26-27-28-29-30-31-32-33-34-35-36-37-38-39-40-41-42-43-44-45-50-46-48-51(49-47-50)55(52,53)54;/h2*46-49H,2-45H2,1H3,(H,52,53,54);/q;;+2/p-2. The first kappa shape index (κ1) is 111.